The van der Waals surface area contributed by atoms with E-state index >= 15 is 0 Å². The van der Waals surface area contributed by atoms with Crippen LogP contribution >= 0.6 is 15.9 Å². The molecule has 1 saturated heterocycles. The van der Waals surface area contributed by atoms with E-state index in [4.69, 9.17) is 14.2 Å². The first-order chi connectivity index (χ1) is 13.1. The third-order valence-corrected chi connectivity index (χ3v) is 5.27. The van der Waals surface area contributed by atoms with Gasteiger partial charge in [-0.2, -0.15) is 0 Å². The van der Waals surface area contributed by atoms with Crippen LogP contribution in [0, 0.1) is 0 Å². The van der Waals surface area contributed by atoms with Gasteiger partial charge in [-0.05, 0) is 41.8 Å². The van der Waals surface area contributed by atoms with Gasteiger partial charge < -0.3 is 19.1 Å². The smallest absolute Gasteiger partial charge is 0.223 e. The number of methoxy groups -OCH3 is 2. The summed E-state index contributed by atoms with van der Waals surface area (Å²) in [4.78, 5) is 14.6. The predicted octanol–water partition coefficient (Wildman–Crippen LogP) is 4.00. The third-order valence-electron chi connectivity index (χ3n) is 4.74. The summed E-state index contributed by atoms with van der Waals surface area (Å²) in [6, 6.07) is 13.8. The molecule has 0 bridgehead atoms. The molecule has 1 atom stereocenters. The summed E-state index contributed by atoms with van der Waals surface area (Å²) < 4.78 is 17.5. The fourth-order valence-electron chi connectivity index (χ4n) is 3.20. The largest absolute Gasteiger partial charge is 0.493 e. The second kappa shape index (κ2) is 9.24. The fourth-order valence-corrected chi connectivity index (χ4v) is 3.46. The van der Waals surface area contributed by atoms with Gasteiger partial charge in [-0.3, -0.25) is 4.79 Å². The summed E-state index contributed by atoms with van der Waals surface area (Å²) in [5.74, 6) is 1.53. The highest BCUT2D eigenvalue weighted by Gasteiger charge is 2.25. The number of nitrogens with zero attached hydrogens (tertiary/aromatic N) is 1. The van der Waals surface area contributed by atoms with E-state index in [0.717, 1.165) is 15.6 Å². The molecule has 1 aliphatic rings. The van der Waals surface area contributed by atoms with E-state index in [0.29, 0.717) is 44.0 Å². The molecule has 0 spiro atoms. The van der Waals surface area contributed by atoms with Crippen molar-refractivity contribution in [1.29, 1.82) is 0 Å². The Morgan fingerprint density at radius 1 is 1.15 bits per heavy atom. The molecular weight excluding hydrogens is 410 g/mol. The Morgan fingerprint density at radius 3 is 2.59 bits per heavy atom. The number of benzene rings is 2. The molecule has 144 valence electrons. The Morgan fingerprint density at radius 2 is 1.89 bits per heavy atom. The van der Waals surface area contributed by atoms with E-state index in [1.807, 2.05) is 47.4 Å². The Bertz CT molecular complexity index is 778. The van der Waals surface area contributed by atoms with Crippen LogP contribution in [0.3, 0.4) is 0 Å². The van der Waals surface area contributed by atoms with Crippen LogP contribution in [-0.2, 0) is 16.0 Å². The quantitative estimate of drug-likeness (QED) is 0.690. The van der Waals surface area contributed by atoms with Crippen molar-refractivity contribution in [3.05, 3.63) is 58.1 Å². The van der Waals surface area contributed by atoms with Gasteiger partial charge >= 0.3 is 0 Å². The number of aryl methyl sites for hydroxylation is 1. The molecule has 0 N–H and O–H groups in total. The van der Waals surface area contributed by atoms with Crippen LogP contribution in [0.25, 0.3) is 0 Å². The van der Waals surface area contributed by atoms with E-state index in [1.165, 1.54) is 0 Å². The minimum absolute atomic E-state index is 0.0723. The average molecular weight is 434 g/mol. The summed E-state index contributed by atoms with van der Waals surface area (Å²) >= 11 is 3.44. The molecule has 27 heavy (non-hydrogen) atoms. The molecular formula is C21H24BrNO4. The van der Waals surface area contributed by atoms with Gasteiger partial charge in [0.25, 0.3) is 0 Å². The van der Waals surface area contributed by atoms with Crippen LogP contribution in [0.15, 0.2) is 46.9 Å². The Balaban J connectivity index is 1.58. The number of amides is 1. The number of ether oxygens (including phenoxy) is 3. The van der Waals surface area contributed by atoms with E-state index in [9.17, 15) is 4.79 Å². The SMILES string of the molecule is COc1ccc(CCC(=O)N2CCOC(c3ccc(Br)cc3)C2)cc1OC. The zero-order chi connectivity index (χ0) is 19.2. The third kappa shape index (κ3) is 5.02. The van der Waals surface area contributed by atoms with Gasteiger partial charge in [0.2, 0.25) is 5.91 Å². The molecule has 1 unspecified atom stereocenters. The summed E-state index contributed by atoms with van der Waals surface area (Å²) in [5.41, 5.74) is 2.15. The molecule has 1 fully saturated rings. The van der Waals surface area contributed by atoms with Crippen molar-refractivity contribution in [2.45, 2.75) is 18.9 Å². The first-order valence-corrected chi connectivity index (χ1v) is 9.75. The lowest BCUT2D eigenvalue weighted by atomic mass is 10.1. The number of hydrogen-bond acceptors (Lipinski definition) is 4. The number of halogens is 1. The first kappa shape index (κ1) is 19.7. The van der Waals surface area contributed by atoms with Crippen molar-refractivity contribution < 1.29 is 19.0 Å². The normalized spacial score (nSPS) is 16.9. The topological polar surface area (TPSA) is 48.0 Å². The monoisotopic (exact) mass is 433 g/mol. The van der Waals surface area contributed by atoms with Gasteiger partial charge in [0.1, 0.15) is 6.10 Å². The van der Waals surface area contributed by atoms with Crippen LogP contribution in [-0.4, -0.2) is 44.7 Å². The molecule has 1 heterocycles. The highest BCUT2D eigenvalue weighted by Crippen LogP contribution is 2.28. The van der Waals surface area contributed by atoms with E-state index < -0.39 is 0 Å². The van der Waals surface area contributed by atoms with Crippen molar-refractivity contribution in [2.24, 2.45) is 0 Å². The zero-order valence-electron chi connectivity index (χ0n) is 15.6. The molecule has 1 aliphatic heterocycles. The lowest BCUT2D eigenvalue weighted by molar-refractivity contribution is -0.139. The number of rotatable bonds is 6. The standard InChI is InChI=1S/C21H24BrNO4/c1-25-18-9-3-15(13-19(18)26-2)4-10-21(24)23-11-12-27-20(14-23)16-5-7-17(22)8-6-16/h3,5-9,13,20H,4,10-12,14H2,1-2H3. The number of carbonyl (C=O) groups excluding carboxylic acids is 1. The summed E-state index contributed by atoms with van der Waals surface area (Å²) in [7, 11) is 3.23. The number of morpholine rings is 1. The molecule has 0 radical (unpaired) electrons. The van der Waals surface area contributed by atoms with Crippen LogP contribution in [0.4, 0.5) is 0 Å². The van der Waals surface area contributed by atoms with Crippen LogP contribution in [0.2, 0.25) is 0 Å². The van der Waals surface area contributed by atoms with Crippen molar-refractivity contribution in [3.63, 3.8) is 0 Å². The Hall–Kier alpha value is -2.05. The maximum Gasteiger partial charge on any atom is 0.223 e. The van der Waals surface area contributed by atoms with Crippen molar-refractivity contribution in [2.75, 3.05) is 33.9 Å². The van der Waals surface area contributed by atoms with E-state index in [2.05, 4.69) is 15.9 Å². The highest BCUT2D eigenvalue weighted by atomic mass is 79.9. The second-order valence-electron chi connectivity index (χ2n) is 6.44. The summed E-state index contributed by atoms with van der Waals surface area (Å²) in [6.07, 6.45) is 1.05. The van der Waals surface area contributed by atoms with Crippen molar-refractivity contribution >= 4 is 21.8 Å². The van der Waals surface area contributed by atoms with Crippen LogP contribution in [0.1, 0.15) is 23.7 Å². The highest BCUT2D eigenvalue weighted by molar-refractivity contribution is 9.10. The lowest BCUT2D eigenvalue weighted by Gasteiger charge is -2.33. The molecule has 2 aromatic carbocycles. The number of hydrogen-bond donors (Lipinski definition) is 0. The second-order valence-corrected chi connectivity index (χ2v) is 7.36. The molecule has 1 amide bonds. The van der Waals surface area contributed by atoms with Gasteiger partial charge in [0.05, 0.1) is 27.4 Å². The van der Waals surface area contributed by atoms with Crippen molar-refractivity contribution in [3.8, 4) is 11.5 Å². The minimum atomic E-state index is -0.0723. The Labute approximate surface area is 168 Å². The van der Waals surface area contributed by atoms with E-state index in [1.54, 1.807) is 14.2 Å². The molecule has 2 aromatic rings. The van der Waals surface area contributed by atoms with Crippen LogP contribution < -0.4 is 9.47 Å². The molecule has 5 nitrogen and oxygen atoms in total. The summed E-state index contributed by atoms with van der Waals surface area (Å²) in [5, 5.41) is 0. The van der Waals surface area contributed by atoms with Gasteiger partial charge in [-0.25, -0.2) is 0 Å². The summed E-state index contributed by atoms with van der Waals surface area (Å²) in [6.45, 7) is 1.78. The molecule has 0 aliphatic carbocycles. The van der Waals surface area contributed by atoms with E-state index in [-0.39, 0.29) is 12.0 Å². The molecule has 6 heteroatoms. The van der Waals surface area contributed by atoms with Gasteiger partial charge in [-0.15, -0.1) is 0 Å². The van der Waals surface area contributed by atoms with Crippen LogP contribution in [0.5, 0.6) is 11.5 Å². The maximum atomic E-state index is 12.7. The Kier molecular flexibility index (Phi) is 6.74. The number of carbonyl (C=O) groups is 1. The minimum Gasteiger partial charge on any atom is -0.493 e. The zero-order valence-corrected chi connectivity index (χ0v) is 17.2. The van der Waals surface area contributed by atoms with Crippen molar-refractivity contribution in [1.82, 2.24) is 4.90 Å². The fraction of sp³-hybridized carbons (Fsp3) is 0.381. The average Bonchev–Trinajstić information content (AvgIpc) is 2.72. The molecule has 0 aromatic heterocycles. The van der Waals surface area contributed by atoms with Gasteiger partial charge in [-0.1, -0.05) is 34.1 Å². The molecule has 0 saturated carbocycles. The maximum absolute atomic E-state index is 12.7. The van der Waals surface area contributed by atoms with Gasteiger partial charge in [0.15, 0.2) is 11.5 Å². The lowest BCUT2D eigenvalue weighted by Crippen LogP contribution is -2.42. The predicted molar refractivity (Wildman–Crippen MR) is 107 cm³/mol. The van der Waals surface area contributed by atoms with Gasteiger partial charge in [0, 0.05) is 17.4 Å². The molecule has 3 rings (SSSR count). The first-order valence-electron chi connectivity index (χ1n) is 8.96.